The van der Waals surface area contributed by atoms with Crippen LogP contribution in [-0.2, 0) is 20.5 Å². The van der Waals surface area contributed by atoms with Crippen LogP contribution in [0.15, 0.2) is 24.3 Å². The Morgan fingerprint density at radius 3 is 2.50 bits per heavy atom. The molecule has 5 nitrogen and oxygen atoms in total. The van der Waals surface area contributed by atoms with E-state index in [1.165, 1.54) is 17.0 Å². The molecule has 1 fully saturated rings. The van der Waals surface area contributed by atoms with Crippen molar-refractivity contribution < 1.29 is 32.6 Å². The molecule has 1 N–H and O–H groups in total. The van der Waals surface area contributed by atoms with Crippen LogP contribution in [0.3, 0.4) is 0 Å². The van der Waals surface area contributed by atoms with E-state index in [0.29, 0.717) is 12.1 Å². The number of ether oxygens (including phenoxy) is 1. The summed E-state index contributed by atoms with van der Waals surface area (Å²) < 4.78 is 42.7. The second kappa shape index (κ2) is 7.21. The summed E-state index contributed by atoms with van der Waals surface area (Å²) in [6, 6.07) is 4.71. The number of carbonyl (C=O) groups is 2. The zero-order valence-electron chi connectivity index (χ0n) is 13.0. The van der Waals surface area contributed by atoms with E-state index < -0.39 is 23.8 Å². The molecule has 0 unspecified atom stereocenters. The molecule has 0 saturated carbocycles. The van der Waals surface area contributed by atoms with E-state index in [4.69, 9.17) is 9.84 Å². The van der Waals surface area contributed by atoms with Crippen molar-refractivity contribution in [2.75, 3.05) is 19.7 Å². The van der Waals surface area contributed by atoms with Gasteiger partial charge < -0.3 is 14.7 Å². The Labute approximate surface area is 137 Å². The third-order valence-corrected chi connectivity index (χ3v) is 3.98. The van der Waals surface area contributed by atoms with Crippen LogP contribution in [0.2, 0.25) is 0 Å². The maximum absolute atomic E-state index is 12.6. The predicted molar refractivity (Wildman–Crippen MR) is 78.4 cm³/mol. The maximum atomic E-state index is 12.6. The van der Waals surface area contributed by atoms with Crippen molar-refractivity contribution in [2.45, 2.75) is 31.5 Å². The number of carboxylic acid groups (broad SMARTS) is 1. The van der Waals surface area contributed by atoms with Crippen molar-refractivity contribution in [1.82, 2.24) is 4.90 Å². The molecule has 1 aliphatic rings. The van der Waals surface area contributed by atoms with Crippen LogP contribution >= 0.6 is 0 Å². The highest BCUT2D eigenvalue weighted by molar-refractivity contribution is 5.79. The Balaban J connectivity index is 1.97. The van der Waals surface area contributed by atoms with Crippen molar-refractivity contribution in [3.05, 3.63) is 35.4 Å². The lowest BCUT2D eigenvalue weighted by atomic mass is 9.96. The van der Waals surface area contributed by atoms with Crippen LogP contribution in [0.5, 0.6) is 0 Å². The molecule has 1 aromatic rings. The molecule has 1 aromatic carbocycles. The van der Waals surface area contributed by atoms with E-state index in [1.807, 2.05) is 0 Å². The van der Waals surface area contributed by atoms with E-state index in [1.54, 1.807) is 6.92 Å². The predicted octanol–water partition coefficient (Wildman–Crippen LogP) is 2.51. The number of alkyl halides is 3. The zero-order valence-corrected chi connectivity index (χ0v) is 13.0. The molecule has 0 bridgehead atoms. The molecule has 8 heteroatoms. The first kappa shape index (κ1) is 18.3. The Hall–Kier alpha value is -2.09. The molecule has 1 heterocycles. The highest BCUT2D eigenvalue weighted by atomic mass is 19.4. The van der Waals surface area contributed by atoms with Crippen LogP contribution in [0.25, 0.3) is 0 Å². The molecule has 1 saturated heterocycles. The summed E-state index contributed by atoms with van der Waals surface area (Å²) in [5, 5.41) is 8.93. The second-order valence-electron chi connectivity index (χ2n) is 5.76. The van der Waals surface area contributed by atoms with Gasteiger partial charge in [0.15, 0.2) is 6.10 Å². The van der Waals surface area contributed by atoms with Crippen molar-refractivity contribution in [3.63, 3.8) is 0 Å². The average molecular weight is 345 g/mol. The minimum atomic E-state index is -4.39. The van der Waals surface area contributed by atoms with Gasteiger partial charge in [-0.3, -0.25) is 4.79 Å². The van der Waals surface area contributed by atoms with Crippen molar-refractivity contribution >= 4 is 11.9 Å². The summed E-state index contributed by atoms with van der Waals surface area (Å²) in [7, 11) is 0. The van der Waals surface area contributed by atoms with E-state index in [-0.39, 0.29) is 31.4 Å². The quantitative estimate of drug-likeness (QED) is 0.911. The van der Waals surface area contributed by atoms with E-state index >= 15 is 0 Å². The standard InChI is InChI=1S/C16H18F3NO4/c1-10(11-2-4-12(5-3-11)16(17,18)19)8-14(21)20-6-7-24-13(9-20)15(22)23/h2-5,10,13H,6-9H2,1H3,(H,22,23)/t10-,13+/m0/s1. The highest BCUT2D eigenvalue weighted by Crippen LogP contribution is 2.30. The van der Waals surface area contributed by atoms with Gasteiger partial charge in [0.25, 0.3) is 0 Å². The van der Waals surface area contributed by atoms with Crippen molar-refractivity contribution in [2.24, 2.45) is 0 Å². The van der Waals surface area contributed by atoms with Gasteiger partial charge in [0, 0.05) is 13.0 Å². The SMILES string of the molecule is C[C@@H](CC(=O)N1CCO[C@@H](C(=O)O)C1)c1ccc(C(F)(F)F)cc1. The number of hydrogen-bond donors (Lipinski definition) is 1. The molecular formula is C16H18F3NO4. The number of aliphatic carboxylic acids is 1. The van der Waals surface area contributed by atoms with Gasteiger partial charge in [-0.2, -0.15) is 13.2 Å². The van der Waals surface area contributed by atoms with Crippen LogP contribution < -0.4 is 0 Å². The number of carboxylic acids is 1. The largest absolute Gasteiger partial charge is 0.479 e. The Morgan fingerprint density at radius 1 is 1.33 bits per heavy atom. The number of carbonyl (C=O) groups excluding carboxylic acids is 1. The van der Waals surface area contributed by atoms with Gasteiger partial charge in [0.05, 0.1) is 18.7 Å². The summed E-state index contributed by atoms with van der Waals surface area (Å²) in [5.74, 6) is -1.63. The fourth-order valence-electron chi connectivity index (χ4n) is 2.53. The third kappa shape index (κ3) is 4.47. The molecule has 2 rings (SSSR count). The number of hydrogen-bond acceptors (Lipinski definition) is 3. The molecule has 1 amide bonds. The third-order valence-electron chi connectivity index (χ3n) is 3.98. The van der Waals surface area contributed by atoms with Crippen molar-refractivity contribution in [3.8, 4) is 0 Å². The summed E-state index contributed by atoms with van der Waals surface area (Å²) in [6.45, 7) is 2.18. The highest BCUT2D eigenvalue weighted by Gasteiger charge is 2.31. The van der Waals surface area contributed by atoms with Gasteiger partial charge in [0.1, 0.15) is 0 Å². The van der Waals surface area contributed by atoms with Gasteiger partial charge >= 0.3 is 12.1 Å². The lowest BCUT2D eigenvalue weighted by molar-refractivity contribution is -0.159. The van der Waals surface area contributed by atoms with Gasteiger partial charge in [-0.1, -0.05) is 19.1 Å². The Kier molecular flexibility index (Phi) is 5.48. The van der Waals surface area contributed by atoms with Gasteiger partial charge in [-0.25, -0.2) is 4.79 Å². The smallest absolute Gasteiger partial charge is 0.416 e. The number of nitrogens with zero attached hydrogens (tertiary/aromatic N) is 1. The zero-order chi connectivity index (χ0) is 17.9. The molecule has 0 aliphatic carbocycles. The minimum absolute atomic E-state index is 0.0199. The first-order chi connectivity index (χ1) is 11.2. The van der Waals surface area contributed by atoms with Gasteiger partial charge in [-0.05, 0) is 23.6 Å². The minimum Gasteiger partial charge on any atom is -0.479 e. The number of benzene rings is 1. The fraction of sp³-hybridized carbons (Fsp3) is 0.500. The molecule has 2 atom stereocenters. The molecule has 0 aromatic heterocycles. The lowest BCUT2D eigenvalue weighted by Gasteiger charge is -2.31. The maximum Gasteiger partial charge on any atom is 0.416 e. The summed E-state index contributed by atoms with van der Waals surface area (Å²) in [4.78, 5) is 24.6. The molecular weight excluding hydrogens is 327 g/mol. The lowest BCUT2D eigenvalue weighted by Crippen LogP contribution is -2.48. The molecule has 0 spiro atoms. The van der Waals surface area contributed by atoms with Crippen molar-refractivity contribution in [1.29, 1.82) is 0 Å². The van der Waals surface area contributed by atoms with Crippen LogP contribution in [0.4, 0.5) is 13.2 Å². The number of amides is 1. The van der Waals surface area contributed by atoms with Crippen LogP contribution in [-0.4, -0.2) is 47.7 Å². The number of rotatable bonds is 4. The van der Waals surface area contributed by atoms with Crippen LogP contribution in [0, 0.1) is 0 Å². The summed E-state index contributed by atoms with van der Waals surface area (Å²) in [6.07, 6.45) is -5.33. The molecule has 132 valence electrons. The first-order valence-corrected chi connectivity index (χ1v) is 7.48. The molecule has 0 radical (unpaired) electrons. The van der Waals surface area contributed by atoms with E-state index in [0.717, 1.165) is 12.1 Å². The van der Waals surface area contributed by atoms with E-state index in [2.05, 4.69) is 0 Å². The van der Waals surface area contributed by atoms with E-state index in [9.17, 15) is 22.8 Å². The normalized spacial score (nSPS) is 19.8. The van der Waals surface area contributed by atoms with Gasteiger partial charge in [0.2, 0.25) is 5.91 Å². The second-order valence-corrected chi connectivity index (χ2v) is 5.76. The first-order valence-electron chi connectivity index (χ1n) is 7.48. The fourth-order valence-corrected chi connectivity index (χ4v) is 2.53. The molecule has 1 aliphatic heterocycles. The summed E-state index contributed by atoms with van der Waals surface area (Å²) in [5.41, 5.74) is -0.110. The molecule has 24 heavy (non-hydrogen) atoms. The van der Waals surface area contributed by atoms with Crippen LogP contribution in [0.1, 0.15) is 30.4 Å². The van der Waals surface area contributed by atoms with Gasteiger partial charge in [-0.15, -0.1) is 0 Å². The monoisotopic (exact) mass is 345 g/mol. The average Bonchev–Trinajstić information content (AvgIpc) is 2.54. The Bertz CT molecular complexity index is 600. The number of halogens is 3. The number of morpholine rings is 1. The summed E-state index contributed by atoms with van der Waals surface area (Å²) >= 11 is 0. The Morgan fingerprint density at radius 2 is 1.96 bits per heavy atom. The topological polar surface area (TPSA) is 66.8 Å².